The second kappa shape index (κ2) is 9.67. The van der Waals surface area contributed by atoms with Crippen LogP contribution in [0.2, 0.25) is 0 Å². The fraction of sp³-hybridized carbons (Fsp3) is 0.529. The number of carbonyl (C=O) groups excluding carboxylic acids is 2. The van der Waals surface area contributed by atoms with Crippen molar-refractivity contribution in [1.82, 2.24) is 14.5 Å². The quantitative estimate of drug-likeness (QED) is 0.612. The molecule has 1 fully saturated rings. The van der Waals surface area contributed by atoms with E-state index in [9.17, 15) is 18.0 Å². The van der Waals surface area contributed by atoms with E-state index in [1.807, 2.05) is 11.8 Å². The van der Waals surface area contributed by atoms with Gasteiger partial charge in [0.05, 0.1) is 12.9 Å². The molecule has 1 saturated heterocycles. The van der Waals surface area contributed by atoms with Gasteiger partial charge in [-0.15, -0.1) is 0 Å². The molecule has 150 valence electrons. The summed E-state index contributed by atoms with van der Waals surface area (Å²) in [6.07, 6.45) is 1.20. The van der Waals surface area contributed by atoms with E-state index in [1.54, 1.807) is 24.3 Å². The van der Waals surface area contributed by atoms with Crippen LogP contribution in [0.5, 0.6) is 5.75 Å². The van der Waals surface area contributed by atoms with Gasteiger partial charge >= 0.3 is 11.8 Å². The van der Waals surface area contributed by atoms with Crippen LogP contribution >= 0.6 is 0 Å². The highest BCUT2D eigenvalue weighted by atomic mass is 32.2. The molecule has 1 aromatic rings. The van der Waals surface area contributed by atoms with E-state index in [0.717, 1.165) is 0 Å². The van der Waals surface area contributed by atoms with Crippen LogP contribution in [0.1, 0.15) is 6.92 Å². The van der Waals surface area contributed by atoms with Crippen LogP contribution in [0, 0.1) is 0 Å². The molecule has 1 aliphatic heterocycles. The van der Waals surface area contributed by atoms with Gasteiger partial charge in [-0.05, 0) is 31.2 Å². The van der Waals surface area contributed by atoms with E-state index in [0.29, 0.717) is 57.3 Å². The first-order valence-electron chi connectivity index (χ1n) is 8.79. The molecule has 1 aromatic carbocycles. The van der Waals surface area contributed by atoms with E-state index in [4.69, 9.17) is 4.74 Å². The Labute approximate surface area is 159 Å². The number of rotatable bonds is 7. The van der Waals surface area contributed by atoms with Crippen molar-refractivity contribution in [3.8, 4) is 5.75 Å². The monoisotopic (exact) mass is 398 g/mol. The van der Waals surface area contributed by atoms with E-state index in [1.165, 1.54) is 10.6 Å². The number of amides is 2. The van der Waals surface area contributed by atoms with Crippen molar-refractivity contribution in [3.63, 3.8) is 0 Å². The molecule has 0 aromatic heterocycles. The average molecular weight is 398 g/mol. The smallest absolute Gasteiger partial charge is 0.313 e. The summed E-state index contributed by atoms with van der Waals surface area (Å²) in [5, 5.41) is 5.10. The lowest BCUT2D eigenvalue weighted by Gasteiger charge is -2.33. The molecule has 1 heterocycles. The van der Waals surface area contributed by atoms with Gasteiger partial charge in [-0.2, -0.15) is 4.31 Å². The molecule has 0 unspecified atom stereocenters. The maximum absolute atomic E-state index is 11.9. The Bertz CT molecular complexity index is 743. The van der Waals surface area contributed by atoms with Gasteiger partial charge in [-0.25, -0.2) is 8.42 Å². The number of hydrogen-bond acceptors (Lipinski definition) is 6. The number of nitrogens with zero attached hydrogens (tertiary/aromatic N) is 2. The number of anilines is 1. The molecule has 10 heteroatoms. The van der Waals surface area contributed by atoms with Crippen molar-refractivity contribution in [2.45, 2.75) is 6.92 Å². The zero-order valence-corrected chi connectivity index (χ0v) is 16.4. The SMILES string of the molecule is CCOc1ccc(NC(=O)C(=O)NCCN2CCN(S(C)(=O)=O)CC2)cc1. The largest absolute Gasteiger partial charge is 0.494 e. The number of hydrogen-bond donors (Lipinski definition) is 2. The minimum atomic E-state index is -3.15. The summed E-state index contributed by atoms with van der Waals surface area (Å²) in [5.74, 6) is -0.754. The van der Waals surface area contributed by atoms with E-state index < -0.39 is 21.8 Å². The molecule has 0 saturated carbocycles. The van der Waals surface area contributed by atoms with Crippen LogP contribution in [0.3, 0.4) is 0 Å². The molecule has 0 bridgehead atoms. The molecular weight excluding hydrogens is 372 g/mol. The second-order valence-electron chi connectivity index (χ2n) is 6.17. The summed E-state index contributed by atoms with van der Waals surface area (Å²) in [4.78, 5) is 25.9. The standard InChI is InChI=1S/C17H26N4O5S/c1-3-26-15-6-4-14(5-7-15)19-17(23)16(22)18-8-9-20-10-12-21(13-11-20)27(2,24)25/h4-7H,3,8-13H2,1-2H3,(H,18,22)(H,19,23). The van der Waals surface area contributed by atoms with Crippen LogP contribution in [0.15, 0.2) is 24.3 Å². The Hall–Kier alpha value is -2.17. The van der Waals surface area contributed by atoms with Crippen molar-refractivity contribution in [2.24, 2.45) is 0 Å². The summed E-state index contributed by atoms with van der Waals surface area (Å²) in [6, 6.07) is 6.76. The van der Waals surface area contributed by atoms with Crippen LogP contribution in [-0.4, -0.2) is 81.6 Å². The first-order chi connectivity index (χ1) is 12.8. The first-order valence-corrected chi connectivity index (χ1v) is 10.6. The minimum Gasteiger partial charge on any atom is -0.494 e. The highest BCUT2D eigenvalue weighted by Gasteiger charge is 2.23. The molecule has 0 aliphatic carbocycles. The molecule has 0 spiro atoms. The zero-order chi connectivity index (χ0) is 19.9. The van der Waals surface area contributed by atoms with Crippen LogP contribution < -0.4 is 15.4 Å². The van der Waals surface area contributed by atoms with Gasteiger partial charge < -0.3 is 15.4 Å². The predicted molar refractivity (Wildman–Crippen MR) is 102 cm³/mol. The molecular formula is C17H26N4O5S. The Morgan fingerprint density at radius 1 is 1.07 bits per heavy atom. The fourth-order valence-electron chi connectivity index (χ4n) is 2.68. The Morgan fingerprint density at radius 3 is 2.26 bits per heavy atom. The van der Waals surface area contributed by atoms with Crippen molar-refractivity contribution in [3.05, 3.63) is 24.3 Å². The maximum atomic E-state index is 11.9. The summed E-state index contributed by atoms with van der Waals surface area (Å²) < 4.78 is 29.7. The molecule has 0 radical (unpaired) electrons. The maximum Gasteiger partial charge on any atom is 0.313 e. The van der Waals surface area contributed by atoms with Gasteiger partial charge in [0.15, 0.2) is 0 Å². The number of carbonyl (C=O) groups is 2. The summed E-state index contributed by atoms with van der Waals surface area (Å²) >= 11 is 0. The number of ether oxygens (including phenoxy) is 1. The number of nitrogens with one attached hydrogen (secondary N) is 2. The normalized spacial score (nSPS) is 15.9. The van der Waals surface area contributed by atoms with Gasteiger partial charge in [0.2, 0.25) is 10.0 Å². The van der Waals surface area contributed by atoms with Crippen molar-refractivity contribution in [2.75, 3.05) is 57.4 Å². The highest BCUT2D eigenvalue weighted by molar-refractivity contribution is 7.88. The van der Waals surface area contributed by atoms with Gasteiger partial charge in [0.1, 0.15) is 5.75 Å². The third-order valence-corrected chi connectivity index (χ3v) is 5.45. The van der Waals surface area contributed by atoms with Crippen LogP contribution in [0.25, 0.3) is 0 Å². The van der Waals surface area contributed by atoms with Crippen molar-refractivity contribution < 1.29 is 22.7 Å². The van der Waals surface area contributed by atoms with Crippen molar-refractivity contribution in [1.29, 1.82) is 0 Å². The van der Waals surface area contributed by atoms with E-state index in [-0.39, 0.29) is 0 Å². The van der Waals surface area contributed by atoms with Gasteiger partial charge in [-0.3, -0.25) is 14.5 Å². The molecule has 2 amide bonds. The Morgan fingerprint density at radius 2 is 1.70 bits per heavy atom. The number of sulfonamides is 1. The third-order valence-electron chi connectivity index (χ3n) is 4.14. The molecule has 0 atom stereocenters. The second-order valence-corrected chi connectivity index (χ2v) is 8.15. The minimum absolute atomic E-state index is 0.314. The summed E-state index contributed by atoms with van der Waals surface area (Å²) in [6.45, 7) is 5.37. The highest BCUT2D eigenvalue weighted by Crippen LogP contribution is 2.15. The lowest BCUT2D eigenvalue weighted by molar-refractivity contribution is -0.136. The van der Waals surface area contributed by atoms with E-state index in [2.05, 4.69) is 10.6 Å². The summed E-state index contributed by atoms with van der Waals surface area (Å²) in [5.41, 5.74) is 0.510. The Kier molecular flexibility index (Phi) is 7.57. The van der Waals surface area contributed by atoms with Gasteiger partial charge in [0.25, 0.3) is 0 Å². The Balaban J connectivity index is 1.69. The molecule has 1 aliphatic rings. The summed E-state index contributed by atoms with van der Waals surface area (Å²) in [7, 11) is -3.15. The number of piperazine rings is 1. The molecule has 27 heavy (non-hydrogen) atoms. The van der Waals surface area contributed by atoms with Gasteiger partial charge in [0, 0.05) is 45.0 Å². The molecule has 2 rings (SSSR count). The lowest BCUT2D eigenvalue weighted by atomic mass is 10.3. The van der Waals surface area contributed by atoms with Crippen LogP contribution in [0.4, 0.5) is 5.69 Å². The topological polar surface area (TPSA) is 108 Å². The fourth-order valence-corrected chi connectivity index (χ4v) is 3.51. The first kappa shape index (κ1) is 21.1. The molecule has 9 nitrogen and oxygen atoms in total. The number of benzene rings is 1. The van der Waals surface area contributed by atoms with E-state index >= 15 is 0 Å². The average Bonchev–Trinajstić information content (AvgIpc) is 2.63. The van der Waals surface area contributed by atoms with Crippen molar-refractivity contribution >= 4 is 27.5 Å². The predicted octanol–water partition coefficient (Wildman–Crippen LogP) is -0.283. The van der Waals surface area contributed by atoms with Gasteiger partial charge in [-0.1, -0.05) is 0 Å². The zero-order valence-electron chi connectivity index (χ0n) is 15.6. The van der Waals surface area contributed by atoms with Crippen LogP contribution in [-0.2, 0) is 19.6 Å². The third kappa shape index (κ3) is 6.81. The lowest BCUT2D eigenvalue weighted by Crippen LogP contribution is -2.50. The molecule has 2 N–H and O–H groups in total.